The van der Waals surface area contributed by atoms with Gasteiger partial charge < -0.3 is 29.3 Å². The van der Waals surface area contributed by atoms with Gasteiger partial charge in [0, 0.05) is 19.3 Å². The van der Waals surface area contributed by atoms with Gasteiger partial charge in [-0.05, 0) is 44.1 Å². The van der Waals surface area contributed by atoms with Gasteiger partial charge in [0.25, 0.3) is 0 Å². The van der Waals surface area contributed by atoms with Crippen LogP contribution in [0.5, 0.6) is 0 Å². The summed E-state index contributed by atoms with van der Waals surface area (Å²) < 4.78 is 47.6. The van der Waals surface area contributed by atoms with E-state index in [4.69, 9.17) is 23.8 Å². The van der Waals surface area contributed by atoms with Crippen LogP contribution in [0, 0.1) is 5.92 Å². The second-order valence-electron chi connectivity index (χ2n) is 14.2. The normalized spacial score (nSPS) is 14.9. The molecular formula is C39H72O14P2. The summed E-state index contributed by atoms with van der Waals surface area (Å²) in [6.07, 6.45) is 24.4. The number of ether oxygens (including phenoxy) is 2. The Morgan fingerprint density at radius 3 is 1.78 bits per heavy atom. The summed E-state index contributed by atoms with van der Waals surface area (Å²) >= 11 is 0. The van der Waals surface area contributed by atoms with Gasteiger partial charge in [-0.1, -0.05) is 129 Å². The van der Waals surface area contributed by atoms with Crippen LogP contribution in [0.4, 0.5) is 0 Å². The summed E-state index contributed by atoms with van der Waals surface area (Å²) in [5, 5.41) is 9.72. The van der Waals surface area contributed by atoms with Gasteiger partial charge >= 0.3 is 27.6 Å². The molecule has 0 aromatic rings. The van der Waals surface area contributed by atoms with Gasteiger partial charge in [-0.15, -0.1) is 0 Å². The number of hydrogen-bond donors (Lipinski definition) is 4. The number of allylic oxidation sites excluding steroid dienone is 4. The highest BCUT2D eigenvalue weighted by molar-refractivity contribution is 7.47. The van der Waals surface area contributed by atoms with Gasteiger partial charge in [-0.2, -0.15) is 0 Å². The summed E-state index contributed by atoms with van der Waals surface area (Å²) in [6, 6.07) is 0. The third-order valence-corrected chi connectivity index (χ3v) is 10.3. The molecule has 14 nitrogen and oxygen atoms in total. The van der Waals surface area contributed by atoms with E-state index < -0.39 is 66.2 Å². The lowest BCUT2D eigenvalue weighted by Gasteiger charge is -2.20. The van der Waals surface area contributed by atoms with Gasteiger partial charge in [0.05, 0.1) is 19.8 Å². The van der Waals surface area contributed by atoms with E-state index in [1.165, 1.54) is 51.4 Å². The smallest absolute Gasteiger partial charge is 0.462 e. The molecule has 0 saturated carbocycles. The fourth-order valence-electron chi connectivity index (χ4n) is 5.30. The maximum atomic E-state index is 12.6. The van der Waals surface area contributed by atoms with Crippen molar-refractivity contribution < 1.29 is 66.3 Å². The number of esters is 2. The van der Waals surface area contributed by atoms with Crippen LogP contribution >= 0.6 is 15.6 Å². The van der Waals surface area contributed by atoms with Crippen LogP contribution < -0.4 is 0 Å². The highest BCUT2D eigenvalue weighted by Crippen LogP contribution is 2.43. The first-order valence-corrected chi connectivity index (χ1v) is 23.4. The zero-order valence-corrected chi connectivity index (χ0v) is 35.5. The Kier molecular flexibility index (Phi) is 33.2. The number of phosphoric ester groups is 2. The monoisotopic (exact) mass is 826 g/mol. The highest BCUT2D eigenvalue weighted by atomic mass is 31.2. The van der Waals surface area contributed by atoms with Crippen molar-refractivity contribution in [2.45, 2.75) is 174 Å². The minimum atomic E-state index is -4.87. The van der Waals surface area contributed by atoms with Gasteiger partial charge in [0.1, 0.15) is 12.7 Å². The molecule has 16 heteroatoms. The molecule has 322 valence electrons. The largest absolute Gasteiger partial charge is 0.472 e. The van der Waals surface area contributed by atoms with Crippen LogP contribution in [0.3, 0.4) is 0 Å². The predicted octanol–water partition coefficient (Wildman–Crippen LogP) is 8.98. The SMILES string of the molecule is CCCCC/C=C\C=C\C(=O)CCCCCCCC(=O)O[C@H](COC(=O)CCCCCCCCCCC(C)CC)COP(=O)(O)OC[C@@H](O)COP(=O)(O)O. The van der Waals surface area contributed by atoms with Crippen molar-refractivity contribution in [2.75, 3.05) is 26.4 Å². The van der Waals surface area contributed by atoms with Crippen molar-refractivity contribution >= 4 is 33.4 Å². The Morgan fingerprint density at radius 2 is 1.18 bits per heavy atom. The lowest BCUT2D eigenvalue weighted by molar-refractivity contribution is -0.161. The van der Waals surface area contributed by atoms with Crippen molar-refractivity contribution in [1.82, 2.24) is 0 Å². The molecule has 0 fully saturated rings. The Labute approximate surface area is 330 Å². The number of carbonyl (C=O) groups is 3. The van der Waals surface area contributed by atoms with Crippen molar-refractivity contribution in [2.24, 2.45) is 5.92 Å². The zero-order chi connectivity index (χ0) is 41.2. The van der Waals surface area contributed by atoms with Crippen molar-refractivity contribution in [3.8, 4) is 0 Å². The van der Waals surface area contributed by atoms with Crippen molar-refractivity contribution in [1.29, 1.82) is 0 Å². The molecule has 0 aliphatic rings. The number of phosphoric acid groups is 2. The molecule has 2 unspecified atom stereocenters. The topological polar surface area (TPSA) is 212 Å². The molecule has 0 heterocycles. The number of unbranched alkanes of at least 4 members (excludes halogenated alkanes) is 14. The molecule has 0 bridgehead atoms. The molecular weight excluding hydrogens is 754 g/mol. The summed E-state index contributed by atoms with van der Waals surface area (Å²) in [5.74, 6) is -0.261. The number of aliphatic hydroxyl groups excluding tert-OH is 1. The zero-order valence-electron chi connectivity index (χ0n) is 33.7. The van der Waals surface area contributed by atoms with E-state index in [2.05, 4.69) is 35.9 Å². The van der Waals surface area contributed by atoms with E-state index in [1.54, 1.807) is 12.2 Å². The standard InChI is InChI=1S/C39H72O14P2/c1-4-6-7-8-11-16-21-26-35(40)27-22-17-14-19-24-29-39(43)53-37(33-52-55(47,48)51-31-36(41)30-50-54(44,45)46)32-49-38(42)28-23-18-13-10-9-12-15-20-25-34(3)5-2/h11,16,21,26,34,36-37,41H,4-10,12-15,17-20,22-25,27-33H2,1-3H3,(H,47,48)(H2,44,45,46)/b16-11-,26-21+/t34?,36-,37+/m0/s1. The Hall–Kier alpha value is -1.73. The average molecular weight is 827 g/mol. The number of hydrogen-bond acceptors (Lipinski definition) is 11. The van der Waals surface area contributed by atoms with E-state index in [1.807, 2.05) is 6.08 Å². The molecule has 4 N–H and O–H groups in total. The lowest BCUT2D eigenvalue weighted by atomic mass is 9.99. The first-order valence-electron chi connectivity index (χ1n) is 20.4. The quantitative estimate of drug-likeness (QED) is 0.0150. The minimum absolute atomic E-state index is 0.0492. The summed E-state index contributed by atoms with van der Waals surface area (Å²) in [5.41, 5.74) is 0. The molecule has 0 aromatic carbocycles. The third-order valence-electron chi connectivity index (χ3n) is 8.85. The number of ketones is 1. The van der Waals surface area contributed by atoms with Crippen LogP contribution in [-0.2, 0) is 46.6 Å². The molecule has 4 atom stereocenters. The molecule has 0 saturated heterocycles. The van der Waals surface area contributed by atoms with Gasteiger partial charge in [0.2, 0.25) is 0 Å². The number of rotatable bonds is 38. The summed E-state index contributed by atoms with van der Waals surface area (Å²) in [4.78, 5) is 64.6. The van der Waals surface area contributed by atoms with E-state index >= 15 is 0 Å². The maximum absolute atomic E-state index is 12.6. The first-order chi connectivity index (χ1) is 26.2. The molecule has 0 aromatic heterocycles. The number of carbonyl (C=O) groups excluding carboxylic acids is 3. The average Bonchev–Trinajstić information content (AvgIpc) is 3.13. The molecule has 55 heavy (non-hydrogen) atoms. The van der Waals surface area contributed by atoms with Gasteiger partial charge in [0.15, 0.2) is 11.9 Å². The van der Waals surface area contributed by atoms with Crippen LogP contribution in [0.1, 0.15) is 162 Å². The van der Waals surface area contributed by atoms with E-state index in [0.717, 1.165) is 63.7 Å². The van der Waals surface area contributed by atoms with Crippen LogP contribution in [0.25, 0.3) is 0 Å². The first kappa shape index (κ1) is 53.3. The lowest BCUT2D eigenvalue weighted by Crippen LogP contribution is -2.30. The fraction of sp³-hybridized carbons (Fsp3) is 0.821. The molecule has 0 aliphatic carbocycles. The Morgan fingerprint density at radius 1 is 0.636 bits per heavy atom. The highest BCUT2D eigenvalue weighted by Gasteiger charge is 2.28. The van der Waals surface area contributed by atoms with Crippen LogP contribution in [0.2, 0.25) is 0 Å². The van der Waals surface area contributed by atoms with Gasteiger partial charge in [-0.25, -0.2) is 9.13 Å². The van der Waals surface area contributed by atoms with Crippen molar-refractivity contribution in [3.63, 3.8) is 0 Å². The van der Waals surface area contributed by atoms with E-state index in [9.17, 15) is 33.5 Å². The Bertz CT molecular complexity index is 1160. The van der Waals surface area contributed by atoms with E-state index in [-0.39, 0.29) is 18.6 Å². The Balaban J connectivity index is 4.65. The predicted molar refractivity (Wildman–Crippen MR) is 212 cm³/mol. The van der Waals surface area contributed by atoms with Crippen molar-refractivity contribution in [3.05, 3.63) is 24.3 Å². The maximum Gasteiger partial charge on any atom is 0.472 e. The van der Waals surface area contributed by atoms with E-state index in [0.29, 0.717) is 19.3 Å². The third kappa shape index (κ3) is 37.6. The van der Waals surface area contributed by atoms with Crippen LogP contribution in [-0.4, -0.2) is 76.1 Å². The molecule has 0 amide bonds. The fourth-order valence-corrected chi connectivity index (χ4v) is 6.46. The van der Waals surface area contributed by atoms with Gasteiger partial charge in [-0.3, -0.25) is 28.0 Å². The second kappa shape index (κ2) is 34.3. The molecule has 0 aliphatic heterocycles. The summed E-state index contributed by atoms with van der Waals surface area (Å²) in [6.45, 7) is 3.86. The molecule has 0 radical (unpaired) electrons. The summed E-state index contributed by atoms with van der Waals surface area (Å²) in [7, 11) is -9.70. The second-order valence-corrected chi connectivity index (χ2v) is 16.9. The minimum Gasteiger partial charge on any atom is -0.462 e. The molecule has 0 spiro atoms. The number of aliphatic hydroxyl groups is 1. The molecule has 0 rings (SSSR count). The van der Waals surface area contributed by atoms with Crippen LogP contribution in [0.15, 0.2) is 24.3 Å².